The zero-order valence-corrected chi connectivity index (χ0v) is 34.8. The van der Waals surface area contributed by atoms with E-state index in [2.05, 4.69) is 114 Å². The molecule has 0 N–H and O–H groups in total. The van der Waals surface area contributed by atoms with E-state index in [1.165, 1.54) is 173 Å². The number of hydrogen-bond acceptors (Lipinski definition) is 0. The number of unbranched alkanes of at least 4 members (excludes halogenated alkanes) is 12. The van der Waals surface area contributed by atoms with Gasteiger partial charge in [-0.25, -0.2) is 0 Å². The first-order valence-corrected chi connectivity index (χ1v) is 22.5. The highest BCUT2D eigenvalue weighted by atomic mass is 14.5. The maximum Gasteiger partial charge on any atom is 0.0215 e. The summed E-state index contributed by atoms with van der Waals surface area (Å²) in [7, 11) is 0. The van der Waals surface area contributed by atoms with Crippen molar-refractivity contribution in [3.05, 3.63) is 106 Å². The first-order valence-electron chi connectivity index (χ1n) is 22.5. The van der Waals surface area contributed by atoms with Gasteiger partial charge in [-0.05, 0) is 112 Å². The Morgan fingerprint density at radius 3 is 1.11 bits per heavy atom. The summed E-state index contributed by atoms with van der Waals surface area (Å²) in [5, 5.41) is 0. The highest BCUT2D eigenvalue weighted by Gasteiger charge is 2.44. The van der Waals surface area contributed by atoms with Crippen molar-refractivity contribution in [2.24, 2.45) is 0 Å². The molecule has 284 valence electrons. The van der Waals surface area contributed by atoms with Gasteiger partial charge in [-0.1, -0.05) is 204 Å². The van der Waals surface area contributed by atoms with E-state index in [1.54, 1.807) is 22.3 Å². The molecule has 0 nitrogen and oxygen atoms in total. The third-order valence-electron chi connectivity index (χ3n) is 13.5. The van der Waals surface area contributed by atoms with Crippen LogP contribution >= 0.6 is 0 Å². The van der Waals surface area contributed by atoms with Gasteiger partial charge in [-0.2, -0.15) is 0 Å². The van der Waals surface area contributed by atoms with Crippen molar-refractivity contribution in [1.82, 2.24) is 0 Å². The zero-order chi connectivity index (χ0) is 37.3. The maximum atomic E-state index is 2.68. The van der Waals surface area contributed by atoms with Gasteiger partial charge in [0.25, 0.3) is 0 Å². The fraction of sp³-hybridized carbons (Fsp3) is 0.547. The van der Waals surface area contributed by atoms with Gasteiger partial charge in [-0.15, -0.1) is 0 Å². The molecular weight excluding hydrogens is 637 g/mol. The molecule has 0 aliphatic heterocycles. The van der Waals surface area contributed by atoms with Crippen molar-refractivity contribution in [3.8, 4) is 33.4 Å². The van der Waals surface area contributed by atoms with Crippen molar-refractivity contribution >= 4 is 0 Å². The summed E-state index contributed by atoms with van der Waals surface area (Å²) in [6, 6.07) is 30.2. The molecule has 4 aromatic rings. The minimum Gasteiger partial charge on any atom is -0.0654 e. The number of rotatable bonds is 22. The van der Waals surface area contributed by atoms with Gasteiger partial charge in [0.2, 0.25) is 0 Å². The Labute approximate surface area is 325 Å². The Hall–Kier alpha value is -3.12. The molecule has 0 heteroatoms. The van der Waals surface area contributed by atoms with Crippen LogP contribution in [0.4, 0.5) is 0 Å². The largest absolute Gasteiger partial charge is 0.0654 e. The van der Waals surface area contributed by atoms with Gasteiger partial charge in [0, 0.05) is 10.8 Å². The highest BCUT2D eigenvalue weighted by molar-refractivity contribution is 5.87. The van der Waals surface area contributed by atoms with Gasteiger partial charge in [-0.3, -0.25) is 0 Å². The van der Waals surface area contributed by atoms with Gasteiger partial charge in [0.15, 0.2) is 0 Å². The van der Waals surface area contributed by atoms with Crippen LogP contribution in [0.25, 0.3) is 33.4 Å². The Morgan fingerprint density at radius 1 is 0.358 bits per heavy atom. The van der Waals surface area contributed by atoms with Gasteiger partial charge in [0.1, 0.15) is 0 Å². The minimum absolute atomic E-state index is 0.111. The maximum absolute atomic E-state index is 2.68. The van der Waals surface area contributed by atoms with E-state index >= 15 is 0 Å². The van der Waals surface area contributed by atoms with Crippen LogP contribution in [-0.4, -0.2) is 0 Å². The van der Waals surface area contributed by atoms with Crippen molar-refractivity contribution in [2.75, 3.05) is 0 Å². The van der Waals surface area contributed by atoms with E-state index < -0.39 is 0 Å². The molecule has 2 aliphatic rings. The first kappa shape index (κ1) is 39.6. The normalized spacial score (nSPS) is 14.6. The molecular formula is C53H72. The molecule has 0 heterocycles. The number of aryl methyl sites for hydroxylation is 2. The van der Waals surface area contributed by atoms with Gasteiger partial charge < -0.3 is 0 Å². The fourth-order valence-electron chi connectivity index (χ4n) is 10.5. The van der Waals surface area contributed by atoms with Crippen molar-refractivity contribution < 1.29 is 0 Å². The van der Waals surface area contributed by atoms with Crippen LogP contribution in [0.1, 0.15) is 196 Å². The molecule has 4 aromatic carbocycles. The number of benzene rings is 4. The van der Waals surface area contributed by atoms with Crippen LogP contribution in [0.3, 0.4) is 0 Å². The van der Waals surface area contributed by atoms with E-state index in [-0.39, 0.29) is 10.8 Å². The third kappa shape index (κ3) is 8.14. The van der Waals surface area contributed by atoms with Crippen LogP contribution < -0.4 is 0 Å². The van der Waals surface area contributed by atoms with E-state index in [0.717, 1.165) is 6.42 Å². The molecule has 0 radical (unpaired) electrons. The van der Waals surface area contributed by atoms with Crippen LogP contribution in [0, 0.1) is 6.92 Å². The molecule has 0 aromatic heterocycles. The van der Waals surface area contributed by atoms with E-state index in [9.17, 15) is 0 Å². The van der Waals surface area contributed by atoms with Crippen LogP contribution in [0.2, 0.25) is 0 Å². The molecule has 0 saturated heterocycles. The minimum atomic E-state index is 0.111. The second kappa shape index (κ2) is 18.5. The zero-order valence-electron chi connectivity index (χ0n) is 34.8. The van der Waals surface area contributed by atoms with Crippen molar-refractivity contribution in [3.63, 3.8) is 0 Å². The molecule has 2 aliphatic carbocycles. The van der Waals surface area contributed by atoms with Crippen molar-refractivity contribution in [1.29, 1.82) is 0 Å². The van der Waals surface area contributed by atoms with Crippen molar-refractivity contribution in [2.45, 2.75) is 187 Å². The molecule has 0 saturated carbocycles. The lowest BCUT2D eigenvalue weighted by molar-refractivity contribution is 0.400. The standard InChI is InChI=1S/C53H72/c1-7-12-16-20-32-52(33-21-17-13-8-2)48-36-40(6)24-28-44(48)46-30-26-42(38-50(46)52)43-27-31-47-45-29-25-41(11-5)37-49(45)53(51(47)39-43,34-22-18-14-9-3)35-23-19-15-10-4/h24-31,36-39H,7-23,32-35H2,1-6H3. The lowest BCUT2D eigenvalue weighted by atomic mass is 9.69. The molecule has 6 rings (SSSR count). The summed E-state index contributed by atoms with van der Waals surface area (Å²) in [6.45, 7) is 14.0. The Balaban J connectivity index is 1.47. The molecule has 0 unspecified atom stereocenters. The number of fused-ring (bicyclic) bond motifs is 6. The third-order valence-corrected chi connectivity index (χ3v) is 13.5. The van der Waals surface area contributed by atoms with Gasteiger partial charge >= 0.3 is 0 Å². The summed E-state index contributed by atoms with van der Waals surface area (Å²) in [5.41, 5.74) is 18.4. The van der Waals surface area contributed by atoms with E-state index in [1.807, 2.05) is 0 Å². The Kier molecular flexibility index (Phi) is 13.8. The highest BCUT2D eigenvalue weighted by Crippen LogP contribution is 2.57. The quantitative estimate of drug-likeness (QED) is 0.0713. The molecule has 0 bridgehead atoms. The Bertz CT molecular complexity index is 1760. The van der Waals surface area contributed by atoms with E-state index in [0.29, 0.717) is 0 Å². The topological polar surface area (TPSA) is 0 Å². The van der Waals surface area contributed by atoms with Gasteiger partial charge in [0.05, 0.1) is 0 Å². The summed E-state index contributed by atoms with van der Waals surface area (Å²) in [4.78, 5) is 0. The molecule has 0 atom stereocenters. The first-order chi connectivity index (χ1) is 26.0. The number of hydrogen-bond donors (Lipinski definition) is 0. The second-order valence-electron chi connectivity index (χ2n) is 17.2. The molecule has 0 amide bonds. The van der Waals surface area contributed by atoms with E-state index in [4.69, 9.17) is 0 Å². The average Bonchev–Trinajstić information content (AvgIpc) is 3.60. The molecule has 0 fully saturated rings. The molecule has 0 spiro atoms. The summed E-state index contributed by atoms with van der Waals surface area (Å²) in [5.74, 6) is 0. The Morgan fingerprint density at radius 2 is 0.717 bits per heavy atom. The van der Waals surface area contributed by atoms with Crippen LogP contribution in [0.5, 0.6) is 0 Å². The smallest absolute Gasteiger partial charge is 0.0215 e. The monoisotopic (exact) mass is 709 g/mol. The lowest BCUT2D eigenvalue weighted by Gasteiger charge is -2.34. The molecule has 53 heavy (non-hydrogen) atoms. The SMILES string of the molecule is CCCCCCC1(CCCCCC)c2cc(C)ccc2-c2ccc(-c3ccc4c(c3)C(CCCCCC)(CCCCCC)c3cc(CC)ccc3-4)cc21. The second-order valence-corrected chi connectivity index (χ2v) is 17.2. The van der Waals surface area contributed by atoms with Crippen LogP contribution in [-0.2, 0) is 17.3 Å². The van der Waals surface area contributed by atoms with Crippen LogP contribution in [0.15, 0.2) is 72.8 Å². The predicted molar refractivity (Wildman–Crippen MR) is 233 cm³/mol. The average molecular weight is 709 g/mol. The fourth-order valence-corrected chi connectivity index (χ4v) is 10.5. The summed E-state index contributed by atoms with van der Waals surface area (Å²) >= 11 is 0. The summed E-state index contributed by atoms with van der Waals surface area (Å²) in [6.07, 6.45) is 27.3. The lowest BCUT2D eigenvalue weighted by Crippen LogP contribution is -2.26. The predicted octanol–water partition coefficient (Wildman–Crippen LogP) is 16.6. The summed E-state index contributed by atoms with van der Waals surface area (Å²) < 4.78 is 0.